The molecule has 1 unspecified atom stereocenters. The van der Waals surface area contributed by atoms with E-state index in [0.717, 1.165) is 32.1 Å². The van der Waals surface area contributed by atoms with Gasteiger partial charge in [-0.1, -0.05) is 12.2 Å². The third kappa shape index (κ3) is 4.07. The summed E-state index contributed by atoms with van der Waals surface area (Å²) in [5, 5.41) is 3.17. The number of nitrogens with one attached hydrogen (secondary N) is 1. The number of thiocarbonyl (C=S) groups is 1. The van der Waals surface area contributed by atoms with Crippen LogP contribution in [0.25, 0.3) is 0 Å². The molecule has 3 nitrogen and oxygen atoms in total. The predicted octanol–water partition coefficient (Wildman–Crippen LogP) is 2.70. The lowest BCUT2D eigenvalue weighted by atomic mass is 10.1. The quantitative estimate of drug-likeness (QED) is 0.838. The maximum atomic E-state index is 12.9. The van der Waals surface area contributed by atoms with Crippen LogP contribution in [0.4, 0.5) is 18.9 Å². The molecule has 21 heavy (non-hydrogen) atoms. The van der Waals surface area contributed by atoms with Gasteiger partial charge in [-0.25, -0.2) is 0 Å². The second-order valence-electron chi connectivity index (χ2n) is 5.42. The molecule has 3 N–H and O–H groups in total. The summed E-state index contributed by atoms with van der Waals surface area (Å²) in [6.07, 6.45) is -3.36. The largest absolute Gasteiger partial charge is 0.417 e. The maximum Gasteiger partial charge on any atom is 0.417 e. The molecule has 0 spiro atoms. The van der Waals surface area contributed by atoms with Crippen LogP contribution in [0, 0.1) is 5.92 Å². The molecule has 1 aliphatic rings. The second-order valence-corrected chi connectivity index (χ2v) is 5.86. The number of anilines is 1. The van der Waals surface area contributed by atoms with Crippen molar-refractivity contribution in [3.05, 3.63) is 29.3 Å². The Morgan fingerprint density at radius 2 is 2.19 bits per heavy atom. The molecule has 1 heterocycles. The summed E-state index contributed by atoms with van der Waals surface area (Å²) in [7, 11) is 2.06. The average molecular weight is 317 g/mol. The molecular formula is C14H18F3N3S. The van der Waals surface area contributed by atoms with Gasteiger partial charge < -0.3 is 16.0 Å². The van der Waals surface area contributed by atoms with E-state index in [4.69, 9.17) is 18.0 Å². The van der Waals surface area contributed by atoms with E-state index < -0.39 is 11.7 Å². The fourth-order valence-corrected chi connectivity index (χ4v) is 2.73. The van der Waals surface area contributed by atoms with Gasteiger partial charge in [0.15, 0.2) is 0 Å². The van der Waals surface area contributed by atoms with Crippen LogP contribution in [0.3, 0.4) is 0 Å². The average Bonchev–Trinajstić information content (AvgIpc) is 2.80. The molecule has 1 fully saturated rings. The summed E-state index contributed by atoms with van der Waals surface area (Å²) in [6, 6.07) is 3.82. The van der Waals surface area contributed by atoms with E-state index in [0.29, 0.717) is 11.6 Å². The first kappa shape index (κ1) is 16.0. The number of nitrogens with zero attached hydrogens (tertiary/aromatic N) is 1. The van der Waals surface area contributed by atoms with E-state index in [1.165, 1.54) is 12.1 Å². The lowest BCUT2D eigenvalue weighted by Gasteiger charge is -2.16. The minimum Gasteiger partial charge on any atom is -0.389 e. The van der Waals surface area contributed by atoms with Gasteiger partial charge in [-0.05, 0) is 44.1 Å². The summed E-state index contributed by atoms with van der Waals surface area (Å²) in [6.45, 7) is 2.78. The van der Waals surface area contributed by atoms with Crippen LogP contribution in [0.5, 0.6) is 0 Å². The first-order valence-electron chi connectivity index (χ1n) is 6.71. The van der Waals surface area contributed by atoms with Crippen LogP contribution in [0.15, 0.2) is 18.2 Å². The first-order valence-corrected chi connectivity index (χ1v) is 7.11. The summed E-state index contributed by atoms with van der Waals surface area (Å²) >= 11 is 4.73. The van der Waals surface area contributed by atoms with Gasteiger partial charge in [0.1, 0.15) is 4.99 Å². The highest BCUT2D eigenvalue weighted by Gasteiger charge is 2.34. The normalized spacial score (nSPS) is 19.7. The van der Waals surface area contributed by atoms with Crippen molar-refractivity contribution in [1.29, 1.82) is 0 Å². The molecule has 1 aromatic carbocycles. The maximum absolute atomic E-state index is 12.9. The standard InChI is InChI=1S/C14H18F3N3S/c1-20-5-4-9(8-20)7-19-10-2-3-12(14(15,16)17)11(6-10)13(18)21/h2-3,6,9,19H,4-5,7-8H2,1H3,(H2,18,21). The molecule has 1 atom stereocenters. The fourth-order valence-electron chi connectivity index (χ4n) is 2.56. The van der Waals surface area contributed by atoms with Crippen LogP contribution in [0.1, 0.15) is 17.5 Å². The van der Waals surface area contributed by atoms with Crippen LogP contribution in [-0.4, -0.2) is 36.6 Å². The number of hydrogen-bond donors (Lipinski definition) is 2. The Morgan fingerprint density at radius 1 is 1.48 bits per heavy atom. The Bertz CT molecular complexity index is 531. The smallest absolute Gasteiger partial charge is 0.389 e. The van der Waals surface area contributed by atoms with Crippen molar-refractivity contribution >= 4 is 22.9 Å². The zero-order valence-electron chi connectivity index (χ0n) is 11.7. The van der Waals surface area contributed by atoms with Crippen molar-refractivity contribution in [2.45, 2.75) is 12.6 Å². The number of halogens is 3. The van der Waals surface area contributed by atoms with Crippen molar-refractivity contribution in [2.24, 2.45) is 11.7 Å². The number of hydrogen-bond acceptors (Lipinski definition) is 3. The van der Waals surface area contributed by atoms with Crippen molar-refractivity contribution in [2.75, 3.05) is 32.0 Å². The molecule has 1 aliphatic heterocycles. The van der Waals surface area contributed by atoms with Crippen LogP contribution >= 0.6 is 12.2 Å². The van der Waals surface area contributed by atoms with Crippen LogP contribution in [0.2, 0.25) is 0 Å². The van der Waals surface area contributed by atoms with E-state index in [-0.39, 0.29) is 10.6 Å². The van der Waals surface area contributed by atoms with Crippen LogP contribution in [-0.2, 0) is 6.18 Å². The van der Waals surface area contributed by atoms with Gasteiger partial charge in [0.25, 0.3) is 0 Å². The lowest BCUT2D eigenvalue weighted by molar-refractivity contribution is -0.137. The predicted molar refractivity (Wildman–Crippen MR) is 81.4 cm³/mol. The summed E-state index contributed by atoms with van der Waals surface area (Å²) < 4.78 is 38.6. The fraction of sp³-hybridized carbons (Fsp3) is 0.500. The zero-order valence-corrected chi connectivity index (χ0v) is 12.5. The van der Waals surface area contributed by atoms with E-state index in [1.807, 2.05) is 0 Å². The Hall–Kier alpha value is -1.34. The number of alkyl halides is 3. The van der Waals surface area contributed by atoms with Crippen molar-refractivity contribution in [1.82, 2.24) is 4.90 Å². The van der Waals surface area contributed by atoms with Crippen molar-refractivity contribution in [3.63, 3.8) is 0 Å². The molecule has 2 rings (SSSR count). The topological polar surface area (TPSA) is 41.3 Å². The minimum atomic E-state index is -4.45. The molecule has 1 aromatic rings. The molecule has 0 aromatic heterocycles. The Kier molecular flexibility index (Phi) is 4.73. The van der Waals surface area contributed by atoms with Gasteiger partial charge in [-0.2, -0.15) is 13.2 Å². The molecule has 0 aliphatic carbocycles. The van der Waals surface area contributed by atoms with Crippen molar-refractivity contribution in [3.8, 4) is 0 Å². The highest BCUT2D eigenvalue weighted by molar-refractivity contribution is 7.80. The number of nitrogens with two attached hydrogens (primary N) is 1. The highest BCUT2D eigenvalue weighted by Crippen LogP contribution is 2.33. The molecule has 0 radical (unpaired) electrons. The second kappa shape index (κ2) is 6.19. The zero-order chi connectivity index (χ0) is 15.6. The Labute approximate surface area is 127 Å². The third-order valence-corrected chi connectivity index (χ3v) is 3.89. The van der Waals surface area contributed by atoms with Gasteiger partial charge in [0.2, 0.25) is 0 Å². The van der Waals surface area contributed by atoms with Crippen molar-refractivity contribution < 1.29 is 13.2 Å². The monoisotopic (exact) mass is 317 g/mol. The number of likely N-dealkylation sites (tertiary alicyclic amines) is 1. The molecule has 0 saturated carbocycles. The molecule has 1 saturated heterocycles. The highest BCUT2D eigenvalue weighted by atomic mass is 32.1. The van der Waals surface area contributed by atoms with Crippen LogP contribution < -0.4 is 11.1 Å². The Balaban J connectivity index is 2.11. The van der Waals surface area contributed by atoms with E-state index in [9.17, 15) is 13.2 Å². The first-order chi connectivity index (χ1) is 9.77. The number of rotatable bonds is 4. The minimum absolute atomic E-state index is 0.133. The number of benzene rings is 1. The lowest BCUT2D eigenvalue weighted by Crippen LogP contribution is -2.20. The van der Waals surface area contributed by atoms with E-state index in [1.54, 1.807) is 0 Å². The summed E-state index contributed by atoms with van der Waals surface area (Å²) in [4.78, 5) is 1.99. The molecule has 7 heteroatoms. The third-order valence-electron chi connectivity index (χ3n) is 3.67. The summed E-state index contributed by atoms with van der Waals surface area (Å²) in [5.74, 6) is 0.505. The molecule has 116 valence electrons. The Morgan fingerprint density at radius 3 is 2.71 bits per heavy atom. The molecule has 0 amide bonds. The summed E-state index contributed by atoms with van der Waals surface area (Å²) in [5.41, 5.74) is 5.10. The molecule has 0 bridgehead atoms. The van der Waals surface area contributed by atoms with E-state index in [2.05, 4.69) is 17.3 Å². The van der Waals surface area contributed by atoms with Gasteiger partial charge >= 0.3 is 6.18 Å². The van der Waals surface area contributed by atoms with Gasteiger partial charge in [0, 0.05) is 24.3 Å². The SMILES string of the molecule is CN1CCC(CNc2ccc(C(F)(F)F)c(C(N)=S)c2)C1. The van der Waals surface area contributed by atoms with Gasteiger partial charge in [-0.3, -0.25) is 0 Å². The van der Waals surface area contributed by atoms with Gasteiger partial charge in [-0.15, -0.1) is 0 Å². The van der Waals surface area contributed by atoms with E-state index >= 15 is 0 Å². The molecular weight excluding hydrogens is 299 g/mol. The van der Waals surface area contributed by atoms with Gasteiger partial charge in [0.05, 0.1) is 5.56 Å².